The van der Waals surface area contributed by atoms with Crippen LogP contribution in [0.2, 0.25) is 0 Å². The fourth-order valence-electron chi connectivity index (χ4n) is 3.66. The van der Waals surface area contributed by atoms with Crippen molar-refractivity contribution in [2.75, 3.05) is 20.5 Å². The average molecular weight is 356 g/mol. The highest BCUT2D eigenvalue weighted by atomic mass is 16.7. The number of aromatic hydroxyl groups is 1. The molecule has 2 aromatic carbocycles. The van der Waals surface area contributed by atoms with Crippen molar-refractivity contribution in [1.82, 2.24) is 0 Å². The van der Waals surface area contributed by atoms with Gasteiger partial charge in [-0.15, -0.1) is 0 Å². The molecule has 0 aromatic heterocycles. The van der Waals surface area contributed by atoms with E-state index in [9.17, 15) is 9.90 Å². The topological polar surface area (TPSA) is 74.2 Å². The van der Waals surface area contributed by atoms with Crippen LogP contribution in [0, 0.1) is 19.8 Å². The molecule has 6 nitrogen and oxygen atoms in total. The Kier molecular flexibility index (Phi) is 3.90. The Morgan fingerprint density at radius 1 is 1.15 bits per heavy atom. The first-order chi connectivity index (χ1) is 12.5. The highest BCUT2D eigenvalue weighted by molar-refractivity contribution is 6.05. The number of phenols is 1. The number of rotatable bonds is 3. The van der Waals surface area contributed by atoms with Crippen molar-refractivity contribution in [2.24, 2.45) is 5.92 Å². The smallest absolute Gasteiger partial charge is 0.231 e. The summed E-state index contributed by atoms with van der Waals surface area (Å²) in [6, 6.07) is 5.65. The molecule has 0 radical (unpaired) electrons. The highest BCUT2D eigenvalue weighted by Gasteiger charge is 2.35. The molecule has 136 valence electrons. The molecule has 2 heterocycles. The third-order valence-corrected chi connectivity index (χ3v) is 5.01. The molecule has 1 unspecified atom stereocenters. The molecule has 0 bridgehead atoms. The number of carbonyl (C=O) groups excluding carboxylic acids is 1. The van der Waals surface area contributed by atoms with Crippen molar-refractivity contribution < 1.29 is 28.8 Å². The van der Waals surface area contributed by atoms with Crippen LogP contribution in [0.4, 0.5) is 0 Å². The molecule has 0 fully saturated rings. The number of ether oxygens (including phenoxy) is 4. The van der Waals surface area contributed by atoms with E-state index in [0.29, 0.717) is 35.0 Å². The quantitative estimate of drug-likeness (QED) is 0.910. The molecular weight excluding hydrogens is 336 g/mol. The zero-order valence-electron chi connectivity index (χ0n) is 14.9. The zero-order valence-corrected chi connectivity index (χ0v) is 14.9. The van der Waals surface area contributed by atoms with Crippen molar-refractivity contribution in [3.63, 3.8) is 0 Å². The molecule has 0 saturated heterocycles. The van der Waals surface area contributed by atoms with E-state index in [2.05, 4.69) is 0 Å². The average Bonchev–Trinajstić information content (AvgIpc) is 3.10. The van der Waals surface area contributed by atoms with Crippen LogP contribution in [-0.4, -0.2) is 31.4 Å². The molecule has 0 saturated carbocycles. The number of fused-ring (bicyclic) bond motifs is 2. The summed E-state index contributed by atoms with van der Waals surface area (Å²) in [6.07, 6.45) is 0.498. The minimum atomic E-state index is -0.374. The van der Waals surface area contributed by atoms with Gasteiger partial charge in [0.1, 0.15) is 22.8 Å². The van der Waals surface area contributed by atoms with Crippen molar-refractivity contribution in [1.29, 1.82) is 0 Å². The van der Waals surface area contributed by atoms with Crippen molar-refractivity contribution >= 4 is 5.78 Å². The molecule has 26 heavy (non-hydrogen) atoms. The second kappa shape index (κ2) is 6.12. The molecule has 0 aliphatic carbocycles. The van der Waals surface area contributed by atoms with Gasteiger partial charge < -0.3 is 24.1 Å². The Morgan fingerprint density at radius 2 is 1.92 bits per heavy atom. The molecule has 2 aliphatic heterocycles. The Morgan fingerprint density at radius 3 is 2.69 bits per heavy atom. The van der Waals surface area contributed by atoms with E-state index in [0.717, 1.165) is 11.1 Å². The van der Waals surface area contributed by atoms with Gasteiger partial charge >= 0.3 is 0 Å². The molecular formula is C20H20O6. The van der Waals surface area contributed by atoms with Crippen molar-refractivity contribution in [3.8, 4) is 28.7 Å². The normalized spacial score (nSPS) is 17.7. The second-order valence-corrected chi connectivity index (χ2v) is 6.60. The summed E-state index contributed by atoms with van der Waals surface area (Å²) in [7, 11) is 1.54. The van der Waals surface area contributed by atoms with Gasteiger partial charge in [0.15, 0.2) is 17.3 Å². The summed E-state index contributed by atoms with van der Waals surface area (Å²) in [5, 5.41) is 10.5. The van der Waals surface area contributed by atoms with Crippen LogP contribution >= 0.6 is 0 Å². The number of hydrogen-bond donors (Lipinski definition) is 1. The lowest BCUT2D eigenvalue weighted by molar-refractivity contribution is 0.0824. The van der Waals surface area contributed by atoms with Crippen molar-refractivity contribution in [2.45, 2.75) is 20.3 Å². The minimum Gasteiger partial charge on any atom is -0.507 e. The Balaban J connectivity index is 1.66. The number of benzene rings is 2. The number of phenolic OH excluding ortho intramolecular Hbond substituents is 1. The number of Topliss-reactive ketones (excluding diaryl/α,β-unsaturated/α-hetero) is 1. The van der Waals surface area contributed by atoms with Gasteiger partial charge in [0.25, 0.3) is 0 Å². The second-order valence-electron chi connectivity index (χ2n) is 6.60. The van der Waals surface area contributed by atoms with Crippen LogP contribution < -0.4 is 18.9 Å². The minimum absolute atomic E-state index is 0.0668. The van der Waals surface area contributed by atoms with E-state index in [1.54, 1.807) is 6.92 Å². The molecule has 2 aromatic rings. The Labute approximate surface area is 151 Å². The maximum Gasteiger partial charge on any atom is 0.231 e. The molecule has 0 spiro atoms. The summed E-state index contributed by atoms with van der Waals surface area (Å²) in [6.45, 7) is 4.03. The SMILES string of the molecule is COc1c(C)c(O)c2c(c1C)OCC(Cc1ccc3c(c1)OCO3)C2=O. The van der Waals surface area contributed by atoms with E-state index < -0.39 is 0 Å². The lowest BCUT2D eigenvalue weighted by Gasteiger charge is -2.28. The molecule has 0 amide bonds. The van der Waals surface area contributed by atoms with E-state index in [-0.39, 0.29) is 36.4 Å². The van der Waals surface area contributed by atoms with E-state index in [4.69, 9.17) is 18.9 Å². The third-order valence-electron chi connectivity index (χ3n) is 5.01. The standard InChI is InChI=1S/C20H20O6/c1-10-17(21)16-18(22)13(8-24-20(16)11(2)19(10)23-3)6-12-4-5-14-15(7-12)26-9-25-14/h4-5,7,13,21H,6,8-9H2,1-3H3. The van der Waals surface area contributed by atoms with E-state index >= 15 is 0 Å². The predicted octanol–water partition coefficient (Wildman–Crippen LogP) is 3.18. The number of carbonyl (C=O) groups is 1. The number of methoxy groups -OCH3 is 1. The number of hydrogen-bond acceptors (Lipinski definition) is 6. The summed E-state index contributed by atoms with van der Waals surface area (Å²) in [5.74, 6) is 1.80. The van der Waals surface area contributed by atoms with E-state index in [1.165, 1.54) is 7.11 Å². The van der Waals surface area contributed by atoms with Gasteiger partial charge in [-0.05, 0) is 38.0 Å². The summed E-state index contributed by atoms with van der Waals surface area (Å²) in [4.78, 5) is 13.0. The Hall–Kier alpha value is -2.89. The monoisotopic (exact) mass is 356 g/mol. The number of ketones is 1. The third kappa shape index (κ3) is 2.44. The molecule has 6 heteroatoms. The fraction of sp³-hybridized carbons (Fsp3) is 0.350. The maximum atomic E-state index is 13.0. The fourth-order valence-corrected chi connectivity index (χ4v) is 3.66. The van der Waals surface area contributed by atoms with Gasteiger partial charge in [-0.25, -0.2) is 0 Å². The van der Waals surface area contributed by atoms with Gasteiger partial charge in [0, 0.05) is 11.1 Å². The predicted molar refractivity (Wildman–Crippen MR) is 93.7 cm³/mol. The van der Waals surface area contributed by atoms with E-state index in [1.807, 2.05) is 25.1 Å². The lowest BCUT2D eigenvalue weighted by Crippen LogP contribution is -2.30. The first-order valence-corrected chi connectivity index (χ1v) is 8.47. The molecule has 2 aliphatic rings. The summed E-state index contributed by atoms with van der Waals surface area (Å²) in [5.41, 5.74) is 2.48. The Bertz CT molecular complexity index is 902. The largest absolute Gasteiger partial charge is 0.507 e. The van der Waals surface area contributed by atoms with Crippen LogP contribution in [0.5, 0.6) is 28.7 Å². The van der Waals surface area contributed by atoms with Gasteiger partial charge in [0.05, 0.1) is 19.6 Å². The molecule has 1 N–H and O–H groups in total. The van der Waals surface area contributed by atoms with Crippen molar-refractivity contribution in [3.05, 3.63) is 40.5 Å². The summed E-state index contributed by atoms with van der Waals surface area (Å²) >= 11 is 0. The maximum absolute atomic E-state index is 13.0. The highest BCUT2D eigenvalue weighted by Crippen LogP contribution is 2.45. The molecule has 1 atom stereocenters. The lowest BCUT2D eigenvalue weighted by atomic mass is 9.87. The first-order valence-electron chi connectivity index (χ1n) is 8.47. The first kappa shape index (κ1) is 16.6. The zero-order chi connectivity index (χ0) is 18.4. The van der Waals surface area contributed by atoms with Crippen LogP contribution in [0.3, 0.4) is 0 Å². The van der Waals surface area contributed by atoms with Gasteiger partial charge in [0.2, 0.25) is 6.79 Å². The van der Waals surface area contributed by atoms with Gasteiger partial charge in [-0.3, -0.25) is 4.79 Å². The van der Waals surface area contributed by atoms with Crippen LogP contribution in [0.25, 0.3) is 0 Å². The molecule has 4 rings (SSSR count). The van der Waals surface area contributed by atoms with Crippen LogP contribution in [0.1, 0.15) is 27.0 Å². The summed E-state index contributed by atoms with van der Waals surface area (Å²) < 4.78 is 21.9. The van der Waals surface area contributed by atoms with Crippen LogP contribution in [-0.2, 0) is 6.42 Å². The van der Waals surface area contributed by atoms with Crippen LogP contribution in [0.15, 0.2) is 18.2 Å². The van der Waals surface area contributed by atoms with Gasteiger partial charge in [-0.1, -0.05) is 6.07 Å². The van der Waals surface area contributed by atoms with Gasteiger partial charge in [-0.2, -0.15) is 0 Å².